The zero-order chi connectivity index (χ0) is 13.9. The van der Waals surface area contributed by atoms with E-state index in [1.54, 1.807) is 6.92 Å². The second-order valence-electron chi connectivity index (χ2n) is 5.06. The Hall–Kier alpha value is -1.23. The van der Waals surface area contributed by atoms with Crippen molar-refractivity contribution in [2.24, 2.45) is 0 Å². The maximum Gasteiger partial charge on any atom is 0.416 e. The largest absolute Gasteiger partial charge is 0.416 e. The average Bonchev–Trinajstić information content (AvgIpc) is 2.37. The number of alkyl halides is 3. The van der Waals surface area contributed by atoms with E-state index in [1.165, 1.54) is 25.0 Å². The molecule has 1 saturated heterocycles. The standard InChI is InChI=1S/C14H19F3N2/c1-10-8-11(14(15,16)17)5-6-13(10)19-9-12-4-2-3-7-18-12/h5-6,8,12,18-19H,2-4,7,9H2,1H3. The molecule has 0 amide bonds. The van der Waals surface area contributed by atoms with Gasteiger partial charge in [0.2, 0.25) is 0 Å². The number of aryl methyl sites for hydroxylation is 1. The van der Waals surface area contributed by atoms with Gasteiger partial charge in [0.1, 0.15) is 0 Å². The molecule has 5 heteroatoms. The van der Waals surface area contributed by atoms with Crippen LogP contribution in [0.2, 0.25) is 0 Å². The van der Waals surface area contributed by atoms with Crippen LogP contribution >= 0.6 is 0 Å². The summed E-state index contributed by atoms with van der Waals surface area (Å²) in [5.74, 6) is 0. The summed E-state index contributed by atoms with van der Waals surface area (Å²) in [6.07, 6.45) is -0.734. The van der Waals surface area contributed by atoms with Gasteiger partial charge in [0.25, 0.3) is 0 Å². The minimum Gasteiger partial charge on any atom is -0.383 e. The second kappa shape index (κ2) is 5.82. The Kier molecular flexibility index (Phi) is 4.34. The summed E-state index contributed by atoms with van der Waals surface area (Å²) in [6, 6.07) is 4.25. The summed E-state index contributed by atoms with van der Waals surface area (Å²) in [7, 11) is 0. The first-order chi connectivity index (χ1) is 8.97. The molecule has 2 nitrogen and oxygen atoms in total. The number of piperidine rings is 1. The van der Waals surface area contributed by atoms with Crippen molar-refractivity contribution in [3.63, 3.8) is 0 Å². The predicted molar refractivity (Wildman–Crippen MR) is 70.3 cm³/mol. The van der Waals surface area contributed by atoms with Crippen LogP contribution < -0.4 is 10.6 Å². The van der Waals surface area contributed by atoms with Crippen LogP contribution in [0.1, 0.15) is 30.4 Å². The van der Waals surface area contributed by atoms with Gasteiger partial charge in [0.15, 0.2) is 0 Å². The Bertz CT molecular complexity index is 423. The lowest BCUT2D eigenvalue weighted by Crippen LogP contribution is -2.39. The fourth-order valence-electron chi connectivity index (χ4n) is 2.37. The molecule has 1 fully saturated rings. The lowest BCUT2D eigenvalue weighted by Gasteiger charge is -2.24. The van der Waals surface area contributed by atoms with Crippen molar-refractivity contribution in [3.05, 3.63) is 29.3 Å². The number of benzene rings is 1. The first-order valence-corrected chi connectivity index (χ1v) is 6.62. The second-order valence-corrected chi connectivity index (χ2v) is 5.06. The van der Waals surface area contributed by atoms with Gasteiger partial charge in [-0.1, -0.05) is 6.42 Å². The van der Waals surface area contributed by atoms with Gasteiger partial charge >= 0.3 is 6.18 Å². The van der Waals surface area contributed by atoms with E-state index in [0.717, 1.165) is 31.3 Å². The Balaban J connectivity index is 1.97. The van der Waals surface area contributed by atoms with Gasteiger partial charge in [-0.15, -0.1) is 0 Å². The van der Waals surface area contributed by atoms with E-state index in [0.29, 0.717) is 11.6 Å². The predicted octanol–water partition coefficient (Wildman–Crippen LogP) is 3.57. The van der Waals surface area contributed by atoms with Crippen LogP contribution in [0, 0.1) is 6.92 Å². The average molecular weight is 272 g/mol. The number of hydrogen-bond donors (Lipinski definition) is 2. The zero-order valence-electron chi connectivity index (χ0n) is 11.0. The lowest BCUT2D eigenvalue weighted by molar-refractivity contribution is -0.137. The molecule has 0 saturated carbocycles. The molecule has 1 atom stereocenters. The van der Waals surface area contributed by atoms with Crippen LogP contribution in [0.25, 0.3) is 0 Å². The van der Waals surface area contributed by atoms with Crippen molar-refractivity contribution in [1.29, 1.82) is 0 Å². The Labute approximate surface area is 111 Å². The van der Waals surface area contributed by atoms with Crippen LogP contribution in [-0.4, -0.2) is 19.1 Å². The molecule has 1 aromatic carbocycles. The number of nitrogens with one attached hydrogen (secondary N) is 2. The van der Waals surface area contributed by atoms with E-state index in [1.807, 2.05) is 0 Å². The van der Waals surface area contributed by atoms with E-state index >= 15 is 0 Å². The van der Waals surface area contributed by atoms with Crippen LogP contribution in [0.4, 0.5) is 18.9 Å². The quantitative estimate of drug-likeness (QED) is 0.879. The highest BCUT2D eigenvalue weighted by molar-refractivity contribution is 5.52. The number of anilines is 1. The minimum atomic E-state index is -4.27. The van der Waals surface area contributed by atoms with Gasteiger partial charge < -0.3 is 10.6 Å². The van der Waals surface area contributed by atoms with E-state index < -0.39 is 11.7 Å². The molecular formula is C14H19F3N2. The fourth-order valence-corrected chi connectivity index (χ4v) is 2.37. The molecule has 2 rings (SSSR count). The molecule has 2 N–H and O–H groups in total. The highest BCUT2D eigenvalue weighted by Gasteiger charge is 2.30. The van der Waals surface area contributed by atoms with Gasteiger partial charge in [-0.2, -0.15) is 13.2 Å². The van der Waals surface area contributed by atoms with E-state index in [4.69, 9.17) is 0 Å². The summed E-state index contributed by atoms with van der Waals surface area (Å²) in [4.78, 5) is 0. The third-order valence-electron chi connectivity index (χ3n) is 3.51. The summed E-state index contributed by atoms with van der Waals surface area (Å²) in [5, 5.41) is 6.63. The Morgan fingerprint density at radius 3 is 2.68 bits per heavy atom. The fraction of sp³-hybridized carbons (Fsp3) is 0.571. The molecule has 0 bridgehead atoms. The summed E-state index contributed by atoms with van der Waals surface area (Å²) < 4.78 is 37.6. The highest BCUT2D eigenvalue weighted by Crippen LogP contribution is 2.31. The number of halogens is 3. The third kappa shape index (κ3) is 3.86. The molecule has 106 valence electrons. The highest BCUT2D eigenvalue weighted by atomic mass is 19.4. The molecule has 0 spiro atoms. The van der Waals surface area contributed by atoms with Gasteiger partial charge in [0, 0.05) is 18.3 Å². The van der Waals surface area contributed by atoms with E-state index in [9.17, 15) is 13.2 Å². The monoisotopic (exact) mass is 272 g/mol. The van der Waals surface area contributed by atoms with Gasteiger partial charge in [-0.3, -0.25) is 0 Å². The minimum absolute atomic E-state index is 0.412. The zero-order valence-corrected chi connectivity index (χ0v) is 11.0. The Morgan fingerprint density at radius 2 is 2.11 bits per heavy atom. The van der Waals surface area contributed by atoms with Gasteiger partial charge in [-0.25, -0.2) is 0 Å². The first-order valence-electron chi connectivity index (χ1n) is 6.62. The van der Waals surface area contributed by atoms with Crippen molar-refractivity contribution in [1.82, 2.24) is 5.32 Å². The molecule has 1 heterocycles. The molecule has 0 aliphatic carbocycles. The third-order valence-corrected chi connectivity index (χ3v) is 3.51. The number of hydrogen-bond acceptors (Lipinski definition) is 2. The molecule has 19 heavy (non-hydrogen) atoms. The topological polar surface area (TPSA) is 24.1 Å². The van der Waals surface area contributed by atoms with Crippen molar-refractivity contribution in [2.75, 3.05) is 18.4 Å². The van der Waals surface area contributed by atoms with Crippen LogP contribution in [0.15, 0.2) is 18.2 Å². The lowest BCUT2D eigenvalue weighted by atomic mass is 10.0. The molecule has 1 aliphatic heterocycles. The molecule has 1 aliphatic rings. The number of rotatable bonds is 3. The smallest absolute Gasteiger partial charge is 0.383 e. The molecule has 1 unspecified atom stereocenters. The van der Waals surface area contributed by atoms with Gasteiger partial charge in [0.05, 0.1) is 5.56 Å². The van der Waals surface area contributed by atoms with E-state index in [2.05, 4.69) is 10.6 Å². The molecular weight excluding hydrogens is 253 g/mol. The molecule has 0 aromatic heterocycles. The SMILES string of the molecule is Cc1cc(C(F)(F)F)ccc1NCC1CCCCN1. The van der Waals surface area contributed by atoms with Crippen LogP contribution in [0.3, 0.4) is 0 Å². The maximum atomic E-state index is 12.5. The summed E-state index contributed by atoms with van der Waals surface area (Å²) >= 11 is 0. The van der Waals surface area contributed by atoms with Crippen LogP contribution in [-0.2, 0) is 6.18 Å². The van der Waals surface area contributed by atoms with E-state index in [-0.39, 0.29) is 0 Å². The summed E-state index contributed by atoms with van der Waals surface area (Å²) in [6.45, 7) is 3.48. The van der Waals surface area contributed by atoms with Crippen molar-refractivity contribution in [2.45, 2.75) is 38.4 Å². The maximum absolute atomic E-state index is 12.5. The Morgan fingerprint density at radius 1 is 1.32 bits per heavy atom. The van der Waals surface area contributed by atoms with Crippen molar-refractivity contribution in [3.8, 4) is 0 Å². The van der Waals surface area contributed by atoms with Crippen molar-refractivity contribution < 1.29 is 13.2 Å². The molecule has 1 aromatic rings. The van der Waals surface area contributed by atoms with Crippen LogP contribution in [0.5, 0.6) is 0 Å². The van der Waals surface area contributed by atoms with Gasteiger partial charge in [-0.05, 0) is 50.1 Å². The summed E-state index contributed by atoms with van der Waals surface area (Å²) in [5.41, 5.74) is 0.817. The first kappa shape index (κ1) is 14.2. The van der Waals surface area contributed by atoms with Crippen molar-refractivity contribution >= 4 is 5.69 Å². The normalized spacial score (nSPS) is 20.3. The molecule has 0 radical (unpaired) electrons.